The lowest BCUT2D eigenvalue weighted by Gasteiger charge is -2.07. The normalized spacial score (nSPS) is 10.7. The molecule has 0 radical (unpaired) electrons. The molecule has 3 nitrogen and oxygen atoms in total. The van der Waals surface area contributed by atoms with E-state index in [9.17, 15) is 13.6 Å². The van der Waals surface area contributed by atoms with E-state index in [1.807, 2.05) is 18.4 Å². The maximum atomic E-state index is 12.0. The molecular formula is C15H15F2NO2S. The predicted octanol–water partition coefficient (Wildman–Crippen LogP) is 3.63. The van der Waals surface area contributed by atoms with E-state index in [0.717, 1.165) is 16.0 Å². The third-order valence-electron chi connectivity index (χ3n) is 2.92. The SMILES string of the molecule is Cc1ccsc1C(=O)NCCc1ccc(OC(F)F)cc1. The first-order valence-electron chi connectivity index (χ1n) is 6.42. The number of carbonyl (C=O) groups is 1. The molecule has 0 aliphatic heterocycles. The van der Waals surface area contributed by atoms with Crippen molar-refractivity contribution in [2.45, 2.75) is 20.0 Å². The standard InChI is InChI=1S/C15H15F2NO2S/c1-10-7-9-21-13(10)14(19)18-8-6-11-2-4-12(5-3-11)20-15(16)17/h2-5,7,9,15H,6,8H2,1H3,(H,18,19). The first-order chi connectivity index (χ1) is 10.1. The Morgan fingerprint density at radius 3 is 2.57 bits per heavy atom. The second-order valence-corrected chi connectivity index (χ2v) is 5.38. The van der Waals surface area contributed by atoms with Crippen molar-refractivity contribution in [1.29, 1.82) is 0 Å². The van der Waals surface area contributed by atoms with Crippen molar-refractivity contribution in [3.05, 3.63) is 51.7 Å². The lowest BCUT2D eigenvalue weighted by atomic mass is 10.1. The Labute approximate surface area is 125 Å². The number of halogens is 2. The molecule has 0 aliphatic carbocycles. The highest BCUT2D eigenvalue weighted by atomic mass is 32.1. The van der Waals surface area contributed by atoms with E-state index in [4.69, 9.17) is 0 Å². The Bertz CT molecular complexity index is 596. The summed E-state index contributed by atoms with van der Waals surface area (Å²) in [5, 5.41) is 4.72. The first kappa shape index (κ1) is 15.4. The van der Waals surface area contributed by atoms with E-state index in [1.165, 1.54) is 23.5 Å². The number of aryl methyl sites for hydroxylation is 1. The molecule has 0 atom stereocenters. The number of carbonyl (C=O) groups excluding carboxylic acids is 1. The molecule has 2 aromatic rings. The summed E-state index contributed by atoms with van der Waals surface area (Å²) in [5.74, 6) is 0.0483. The van der Waals surface area contributed by atoms with Crippen LogP contribution in [0.15, 0.2) is 35.7 Å². The zero-order chi connectivity index (χ0) is 15.2. The van der Waals surface area contributed by atoms with Crippen LogP contribution < -0.4 is 10.1 Å². The molecule has 21 heavy (non-hydrogen) atoms. The Kier molecular flexibility index (Phi) is 5.27. The molecule has 1 aromatic carbocycles. The number of hydrogen-bond acceptors (Lipinski definition) is 3. The smallest absolute Gasteiger partial charge is 0.387 e. The lowest BCUT2D eigenvalue weighted by Crippen LogP contribution is -2.25. The molecule has 1 aromatic heterocycles. The van der Waals surface area contributed by atoms with Gasteiger partial charge in [-0.05, 0) is 48.1 Å². The fraction of sp³-hybridized carbons (Fsp3) is 0.267. The van der Waals surface area contributed by atoms with Crippen LogP contribution in [0.4, 0.5) is 8.78 Å². The van der Waals surface area contributed by atoms with Crippen molar-refractivity contribution < 1.29 is 18.3 Å². The van der Waals surface area contributed by atoms with Gasteiger partial charge in [0.25, 0.3) is 5.91 Å². The number of thiophene rings is 1. The Balaban J connectivity index is 1.81. The highest BCUT2D eigenvalue weighted by Gasteiger charge is 2.09. The summed E-state index contributed by atoms with van der Waals surface area (Å²) < 4.78 is 28.3. The summed E-state index contributed by atoms with van der Waals surface area (Å²) in [7, 11) is 0. The minimum absolute atomic E-state index is 0.0832. The summed E-state index contributed by atoms with van der Waals surface area (Å²) in [6, 6.07) is 8.31. The van der Waals surface area contributed by atoms with Gasteiger partial charge in [-0.15, -0.1) is 11.3 Å². The largest absolute Gasteiger partial charge is 0.435 e. The molecule has 0 fully saturated rings. The van der Waals surface area contributed by atoms with Gasteiger partial charge in [-0.2, -0.15) is 8.78 Å². The van der Waals surface area contributed by atoms with Crippen molar-refractivity contribution in [3.63, 3.8) is 0 Å². The molecule has 1 N–H and O–H groups in total. The van der Waals surface area contributed by atoms with Crippen LogP contribution in [-0.4, -0.2) is 19.1 Å². The Morgan fingerprint density at radius 2 is 2.00 bits per heavy atom. The molecule has 0 unspecified atom stereocenters. The average Bonchev–Trinajstić information content (AvgIpc) is 2.86. The highest BCUT2D eigenvalue weighted by Crippen LogP contribution is 2.16. The minimum atomic E-state index is -2.82. The Hall–Kier alpha value is -1.95. The lowest BCUT2D eigenvalue weighted by molar-refractivity contribution is -0.0498. The number of rotatable bonds is 6. The van der Waals surface area contributed by atoms with Gasteiger partial charge in [0.2, 0.25) is 0 Å². The van der Waals surface area contributed by atoms with Gasteiger partial charge >= 0.3 is 6.61 Å². The van der Waals surface area contributed by atoms with Crippen molar-refractivity contribution >= 4 is 17.2 Å². The number of nitrogens with one attached hydrogen (secondary N) is 1. The first-order valence-corrected chi connectivity index (χ1v) is 7.30. The molecule has 0 spiro atoms. The summed E-state index contributed by atoms with van der Waals surface area (Å²) in [4.78, 5) is 12.6. The summed E-state index contributed by atoms with van der Waals surface area (Å²) in [6.45, 7) is -0.428. The molecule has 1 amide bonds. The number of hydrogen-bond donors (Lipinski definition) is 1. The maximum Gasteiger partial charge on any atom is 0.387 e. The van der Waals surface area contributed by atoms with Gasteiger partial charge in [-0.3, -0.25) is 4.79 Å². The van der Waals surface area contributed by atoms with Crippen LogP contribution in [0.25, 0.3) is 0 Å². The maximum absolute atomic E-state index is 12.0. The average molecular weight is 311 g/mol. The fourth-order valence-electron chi connectivity index (χ4n) is 1.84. The fourth-order valence-corrected chi connectivity index (χ4v) is 2.68. The van der Waals surface area contributed by atoms with Crippen molar-refractivity contribution in [1.82, 2.24) is 5.32 Å². The molecular weight excluding hydrogens is 296 g/mol. The molecule has 1 heterocycles. The third-order valence-corrected chi connectivity index (χ3v) is 3.93. The van der Waals surface area contributed by atoms with Gasteiger partial charge in [0, 0.05) is 6.54 Å². The van der Waals surface area contributed by atoms with Gasteiger partial charge in [-0.1, -0.05) is 12.1 Å². The van der Waals surface area contributed by atoms with Gasteiger partial charge in [0.05, 0.1) is 4.88 Å². The zero-order valence-corrected chi connectivity index (χ0v) is 12.3. The van der Waals surface area contributed by atoms with Crippen LogP contribution in [0.2, 0.25) is 0 Å². The molecule has 0 aliphatic rings. The molecule has 112 valence electrons. The van der Waals surface area contributed by atoms with Gasteiger partial charge in [-0.25, -0.2) is 0 Å². The van der Waals surface area contributed by atoms with Crippen LogP contribution >= 0.6 is 11.3 Å². The van der Waals surface area contributed by atoms with E-state index in [-0.39, 0.29) is 11.7 Å². The van der Waals surface area contributed by atoms with Crippen molar-refractivity contribution in [3.8, 4) is 5.75 Å². The zero-order valence-electron chi connectivity index (χ0n) is 11.4. The summed E-state index contributed by atoms with van der Waals surface area (Å²) in [5.41, 5.74) is 1.91. The second kappa shape index (κ2) is 7.17. The van der Waals surface area contributed by atoms with E-state index in [0.29, 0.717) is 13.0 Å². The van der Waals surface area contributed by atoms with E-state index in [1.54, 1.807) is 12.1 Å². The van der Waals surface area contributed by atoms with Crippen LogP contribution in [-0.2, 0) is 6.42 Å². The molecule has 2 rings (SSSR count). The quantitative estimate of drug-likeness (QED) is 0.884. The van der Waals surface area contributed by atoms with Crippen LogP contribution in [0.1, 0.15) is 20.8 Å². The van der Waals surface area contributed by atoms with Crippen LogP contribution in [0.3, 0.4) is 0 Å². The second-order valence-electron chi connectivity index (χ2n) is 4.46. The van der Waals surface area contributed by atoms with Gasteiger partial charge in [0.15, 0.2) is 0 Å². The number of amides is 1. The monoisotopic (exact) mass is 311 g/mol. The van der Waals surface area contributed by atoms with Crippen LogP contribution in [0, 0.1) is 6.92 Å². The molecule has 0 saturated heterocycles. The minimum Gasteiger partial charge on any atom is -0.435 e. The van der Waals surface area contributed by atoms with Crippen molar-refractivity contribution in [2.24, 2.45) is 0 Å². The van der Waals surface area contributed by atoms with Gasteiger partial charge in [0.1, 0.15) is 5.75 Å². The summed E-state index contributed by atoms with van der Waals surface area (Å²) >= 11 is 1.41. The van der Waals surface area contributed by atoms with E-state index < -0.39 is 6.61 Å². The van der Waals surface area contributed by atoms with Crippen LogP contribution in [0.5, 0.6) is 5.75 Å². The summed E-state index contributed by atoms with van der Waals surface area (Å²) in [6.07, 6.45) is 0.630. The predicted molar refractivity (Wildman–Crippen MR) is 78.2 cm³/mol. The topological polar surface area (TPSA) is 38.3 Å². The Morgan fingerprint density at radius 1 is 1.29 bits per heavy atom. The number of ether oxygens (including phenoxy) is 1. The molecule has 6 heteroatoms. The van der Waals surface area contributed by atoms with Gasteiger partial charge < -0.3 is 10.1 Å². The number of benzene rings is 1. The van der Waals surface area contributed by atoms with E-state index >= 15 is 0 Å². The van der Waals surface area contributed by atoms with E-state index in [2.05, 4.69) is 10.1 Å². The van der Waals surface area contributed by atoms with Crippen molar-refractivity contribution in [2.75, 3.05) is 6.54 Å². The highest BCUT2D eigenvalue weighted by molar-refractivity contribution is 7.12. The molecule has 0 bridgehead atoms. The third kappa shape index (κ3) is 4.53. The number of alkyl halides is 2. The molecule has 0 saturated carbocycles.